The van der Waals surface area contributed by atoms with E-state index in [0.717, 1.165) is 51.4 Å². The van der Waals surface area contributed by atoms with Crippen molar-refractivity contribution in [2.45, 2.75) is 122 Å². The third-order valence-electron chi connectivity index (χ3n) is 7.69. The van der Waals surface area contributed by atoms with Crippen LogP contribution in [-0.4, -0.2) is 114 Å². The lowest BCUT2D eigenvalue weighted by Gasteiger charge is -2.09. The molecule has 0 aliphatic rings. The molecule has 0 aromatic rings. The minimum absolute atomic E-state index is 0.0439. The second-order valence-corrected chi connectivity index (χ2v) is 12.3. The largest absolute Gasteiger partial charge is 0.481 e. The van der Waals surface area contributed by atoms with E-state index in [-0.39, 0.29) is 24.3 Å². The topological polar surface area (TPSA) is 174 Å². The number of carbonyl (C=O) groups is 4. The van der Waals surface area contributed by atoms with E-state index in [0.29, 0.717) is 105 Å². The van der Waals surface area contributed by atoms with Gasteiger partial charge in [-0.1, -0.05) is 77.6 Å². The first-order chi connectivity index (χ1) is 24.0. The van der Waals surface area contributed by atoms with Crippen molar-refractivity contribution in [3.63, 3.8) is 0 Å². The van der Waals surface area contributed by atoms with Gasteiger partial charge in [0.05, 0.1) is 46.2 Å². The predicted octanol–water partition coefficient (Wildman–Crippen LogP) is 4.12. The van der Waals surface area contributed by atoms with Gasteiger partial charge in [-0.2, -0.15) is 0 Å². The molecule has 49 heavy (non-hydrogen) atoms. The summed E-state index contributed by atoms with van der Waals surface area (Å²) in [4.78, 5) is 46.0. The number of carboxylic acid groups (broad SMARTS) is 1. The van der Waals surface area contributed by atoms with Gasteiger partial charge in [0.25, 0.3) is 0 Å². The van der Waals surface area contributed by atoms with Crippen molar-refractivity contribution in [2.24, 2.45) is 0 Å². The highest BCUT2D eigenvalue weighted by Gasteiger charge is 2.04. The molecule has 0 rings (SSSR count). The average molecular weight is 703 g/mol. The van der Waals surface area contributed by atoms with Crippen molar-refractivity contribution in [1.29, 1.82) is 0 Å². The van der Waals surface area contributed by atoms with Gasteiger partial charge in [-0.15, -0.1) is 0 Å². The number of ether oxygens (including phenoxy) is 4. The Bertz CT molecular complexity index is 790. The summed E-state index contributed by atoms with van der Waals surface area (Å²) in [6, 6.07) is 0. The second-order valence-electron chi connectivity index (χ2n) is 12.3. The van der Waals surface area contributed by atoms with Crippen LogP contribution in [0.5, 0.6) is 0 Å². The molecular formula is C36H70N4O9. The highest BCUT2D eigenvalue weighted by molar-refractivity contribution is 5.77. The Morgan fingerprint density at radius 3 is 1.37 bits per heavy atom. The van der Waals surface area contributed by atoms with Gasteiger partial charge in [-0.05, 0) is 25.7 Å². The van der Waals surface area contributed by atoms with Gasteiger partial charge in [0.1, 0.15) is 6.61 Å². The van der Waals surface area contributed by atoms with Crippen molar-refractivity contribution in [2.75, 3.05) is 85.6 Å². The molecule has 0 atom stereocenters. The van der Waals surface area contributed by atoms with Gasteiger partial charge in [0.2, 0.25) is 17.7 Å². The summed E-state index contributed by atoms with van der Waals surface area (Å²) in [5.74, 6) is -0.774. The third kappa shape index (κ3) is 40.0. The van der Waals surface area contributed by atoms with Crippen molar-refractivity contribution in [3.8, 4) is 0 Å². The molecule has 0 saturated heterocycles. The first-order valence-corrected chi connectivity index (χ1v) is 19.0. The lowest BCUT2D eigenvalue weighted by Crippen LogP contribution is -2.29. The zero-order valence-corrected chi connectivity index (χ0v) is 30.6. The van der Waals surface area contributed by atoms with Crippen LogP contribution in [0.15, 0.2) is 0 Å². The molecule has 13 nitrogen and oxygen atoms in total. The fourth-order valence-corrected chi connectivity index (χ4v) is 4.82. The van der Waals surface area contributed by atoms with Crippen LogP contribution >= 0.6 is 0 Å². The number of aliphatic carboxylic acids is 1. The van der Waals surface area contributed by atoms with Crippen molar-refractivity contribution < 1.29 is 43.2 Å². The lowest BCUT2D eigenvalue weighted by molar-refractivity contribution is -0.137. The standard InChI is InChI=1S/C36H70N4O9/c1-2-3-20-39-35(43)32-49-31-30-47-26-23-37-22-25-46-28-29-48-27-24-40-34(42)18-16-21-38-33(41)17-14-12-10-8-6-4-5-7-9-11-13-15-19-36(44)45/h37H,2-32H2,1H3,(H,38,41)(H,39,43)(H,40,42)(H,44,45). The maximum atomic E-state index is 12.0. The minimum Gasteiger partial charge on any atom is -0.481 e. The van der Waals surface area contributed by atoms with E-state index in [2.05, 4.69) is 28.2 Å². The molecule has 288 valence electrons. The molecule has 0 radical (unpaired) electrons. The molecule has 0 spiro atoms. The summed E-state index contributed by atoms with van der Waals surface area (Å²) in [7, 11) is 0. The molecule has 0 aliphatic heterocycles. The molecular weight excluding hydrogens is 632 g/mol. The van der Waals surface area contributed by atoms with Gasteiger partial charge in [0.15, 0.2) is 0 Å². The van der Waals surface area contributed by atoms with Gasteiger partial charge >= 0.3 is 5.97 Å². The van der Waals surface area contributed by atoms with E-state index in [9.17, 15) is 19.2 Å². The highest BCUT2D eigenvalue weighted by Crippen LogP contribution is 2.13. The summed E-state index contributed by atoms with van der Waals surface area (Å²) in [6.45, 7) is 8.52. The molecule has 0 unspecified atom stereocenters. The molecule has 0 fully saturated rings. The van der Waals surface area contributed by atoms with E-state index in [1.54, 1.807) is 0 Å². The Balaban J connectivity index is 3.28. The van der Waals surface area contributed by atoms with Crippen LogP contribution in [0.4, 0.5) is 0 Å². The van der Waals surface area contributed by atoms with Gasteiger partial charge < -0.3 is 45.3 Å². The number of rotatable bonds is 39. The van der Waals surface area contributed by atoms with Crippen LogP contribution in [0.2, 0.25) is 0 Å². The minimum atomic E-state index is -0.697. The van der Waals surface area contributed by atoms with Crippen LogP contribution in [0.1, 0.15) is 122 Å². The number of hydrogen-bond donors (Lipinski definition) is 5. The molecule has 0 saturated carbocycles. The summed E-state index contributed by atoms with van der Waals surface area (Å²) in [5.41, 5.74) is 0. The molecule has 0 heterocycles. The smallest absolute Gasteiger partial charge is 0.303 e. The Hall–Kier alpha value is -2.32. The Morgan fingerprint density at radius 1 is 0.429 bits per heavy atom. The summed E-state index contributed by atoms with van der Waals surface area (Å²) in [5, 5.41) is 20.4. The molecule has 5 N–H and O–H groups in total. The third-order valence-corrected chi connectivity index (χ3v) is 7.69. The molecule has 0 bridgehead atoms. The van der Waals surface area contributed by atoms with Crippen molar-refractivity contribution in [1.82, 2.24) is 21.3 Å². The van der Waals surface area contributed by atoms with Crippen LogP contribution in [0.25, 0.3) is 0 Å². The van der Waals surface area contributed by atoms with E-state index in [1.807, 2.05) is 0 Å². The van der Waals surface area contributed by atoms with Gasteiger partial charge in [-0.25, -0.2) is 0 Å². The maximum absolute atomic E-state index is 12.0. The Morgan fingerprint density at radius 2 is 0.837 bits per heavy atom. The molecule has 13 heteroatoms. The zero-order chi connectivity index (χ0) is 35.9. The lowest BCUT2D eigenvalue weighted by atomic mass is 10.0. The van der Waals surface area contributed by atoms with Crippen LogP contribution in [0.3, 0.4) is 0 Å². The summed E-state index contributed by atoms with van der Waals surface area (Å²) in [6.07, 6.45) is 17.3. The SMILES string of the molecule is CCCCNC(=O)COCCOCCNCCOCCOCCNC(=O)CCCNC(=O)CCCCCCCCCCCCCCC(=O)O. The van der Waals surface area contributed by atoms with Crippen molar-refractivity contribution in [3.05, 3.63) is 0 Å². The second kappa shape index (κ2) is 38.5. The predicted molar refractivity (Wildman–Crippen MR) is 192 cm³/mol. The number of carbonyl (C=O) groups excluding carboxylic acids is 3. The van der Waals surface area contributed by atoms with Crippen LogP contribution in [-0.2, 0) is 38.1 Å². The monoisotopic (exact) mass is 703 g/mol. The summed E-state index contributed by atoms with van der Waals surface area (Å²) < 4.78 is 21.7. The van der Waals surface area contributed by atoms with E-state index in [1.165, 1.54) is 38.5 Å². The molecule has 0 aliphatic carbocycles. The first-order valence-electron chi connectivity index (χ1n) is 19.0. The molecule has 3 amide bonds. The Labute approximate surface area is 296 Å². The maximum Gasteiger partial charge on any atom is 0.303 e. The normalized spacial score (nSPS) is 11.0. The fourth-order valence-electron chi connectivity index (χ4n) is 4.82. The Kier molecular flexibility index (Phi) is 36.7. The van der Waals surface area contributed by atoms with E-state index >= 15 is 0 Å². The molecule has 0 aromatic heterocycles. The number of unbranched alkanes of at least 4 members (excludes halogenated alkanes) is 12. The molecule has 0 aromatic carbocycles. The van der Waals surface area contributed by atoms with Crippen LogP contribution < -0.4 is 21.3 Å². The zero-order valence-electron chi connectivity index (χ0n) is 30.6. The van der Waals surface area contributed by atoms with Gasteiger partial charge in [0, 0.05) is 52.0 Å². The number of nitrogens with one attached hydrogen (secondary N) is 4. The van der Waals surface area contributed by atoms with Crippen molar-refractivity contribution >= 4 is 23.7 Å². The van der Waals surface area contributed by atoms with Gasteiger partial charge in [-0.3, -0.25) is 19.2 Å². The summed E-state index contributed by atoms with van der Waals surface area (Å²) >= 11 is 0. The highest BCUT2D eigenvalue weighted by atomic mass is 16.5. The number of amides is 3. The number of carboxylic acids is 1. The average Bonchev–Trinajstić information content (AvgIpc) is 3.08. The first kappa shape index (κ1) is 46.7. The number of hydrogen-bond acceptors (Lipinski definition) is 9. The van der Waals surface area contributed by atoms with E-state index < -0.39 is 5.97 Å². The van der Waals surface area contributed by atoms with Crippen LogP contribution in [0, 0.1) is 0 Å². The van der Waals surface area contributed by atoms with E-state index in [4.69, 9.17) is 24.1 Å². The fraction of sp³-hybridized carbons (Fsp3) is 0.889. The quantitative estimate of drug-likeness (QED) is 0.0587.